The second kappa shape index (κ2) is 7.63. The molecule has 0 aliphatic heterocycles. The number of carbonyl (C=O) groups excluding carboxylic acids is 1. The summed E-state index contributed by atoms with van der Waals surface area (Å²) in [5, 5.41) is 0.0897. The van der Waals surface area contributed by atoms with Gasteiger partial charge in [-0.1, -0.05) is 11.6 Å². The first-order chi connectivity index (χ1) is 11.3. The maximum absolute atomic E-state index is 12.7. The molecule has 0 fully saturated rings. The first kappa shape index (κ1) is 18.2. The van der Waals surface area contributed by atoms with Gasteiger partial charge in [-0.2, -0.15) is 0 Å². The number of carbonyl (C=O) groups is 1. The van der Waals surface area contributed by atoms with Crippen LogP contribution < -0.4 is 4.74 Å². The van der Waals surface area contributed by atoms with Crippen LogP contribution in [-0.4, -0.2) is 33.9 Å². The van der Waals surface area contributed by atoms with E-state index in [0.29, 0.717) is 5.75 Å². The van der Waals surface area contributed by atoms with E-state index < -0.39 is 15.8 Å². The lowest BCUT2D eigenvalue weighted by molar-refractivity contribution is 0.0450. The van der Waals surface area contributed by atoms with Gasteiger partial charge in [0.2, 0.25) is 0 Å². The van der Waals surface area contributed by atoms with E-state index in [9.17, 15) is 17.6 Å². The van der Waals surface area contributed by atoms with Crippen molar-refractivity contribution in [1.82, 2.24) is 0 Å². The largest absolute Gasteiger partial charge is 0.490 e. The molecule has 2 aromatic rings. The number of sulfone groups is 1. The molecule has 5 nitrogen and oxygen atoms in total. The molecule has 0 bridgehead atoms. The van der Waals surface area contributed by atoms with Crippen molar-refractivity contribution in [3.63, 3.8) is 0 Å². The van der Waals surface area contributed by atoms with E-state index in [2.05, 4.69) is 0 Å². The van der Waals surface area contributed by atoms with Crippen molar-refractivity contribution < 1.29 is 27.1 Å². The number of rotatable bonds is 6. The molecular formula is C16H14ClFO5S. The molecule has 0 spiro atoms. The Labute approximate surface area is 143 Å². The molecule has 0 unspecified atom stereocenters. The lowest BCUT2D eigenvalue weighted by Gasteiger charge is -2.09. The summed E-state index contributed by atoms with van der Waals surface area (Å²) < 4.78 is 46.1. The summed E-state index contributed by atoms with van der Waals surface area (Å²) in [7, 11) is -3.46. The first-order valence-electron chi connectivity index (χ1n) is 6.82. The smallest absolute Gasteiger partial charge is 0.339 e. The van der Waals surface area contributed by atoms with Crippen LogP contribution in [0, 0.1) is 5.82 Å². The highest BCUT2D eigenvalue weighted by Gasteiger charge is 2.16. The fraction of sp³-hybridized carbons (Fsp3) is 0.188. The van der Waals surface area contributed by atoms with Gasteiger partial charge < -0.3 is 9.47 Å². The topological polar surface area (TPSA) is 69.7 Å². The summed E-state index contributed by atoms with van der Waals surface area (Å²) in [6.45, 7) is -0.0175. The molecule has 0 aliphatic rings. The fourth-order valence-electron chi connectivity index (χ4n) is 1.79. The molecular weight excluding hydrogens is 359 g/mol. The van der Waals surface area contributed by atoms with E-state index >= 15 is 0 Å². The number of hydrogen-bond acceptors (Lipinski definition) is 5. The Hall–Kier alpha value is -2.12. The third-order valence-corrected chi connectivity index (χ3v) is 4.42. The van der Waals surface area contributed by atoms with Gasteiger partial charge in [0.05, 0.1) is 15.5 Å². The SMILES string of the molecule is CS(=O)(=O)c1ccc(Cl)c(C(=O)OCCOc2ccc(F)cc2)c1. The van der Waals surface area contributed by atoms with Gasteiger partial charge in [-0.25, -0.2) is 17.6 Å². The van der Waals surface area contributed by atoms with Gasteiger partial charge in [-0.3, -0.25) is 0 Å². The summed E-state index contributed by atoms with van der Waals surface area (Å²) in [5.41, 5.74) is -0.0404. The van der Waals surface area contributed by atoms with Crippen molar-refractivity contribution in [3.8, 4) is 5.75 Å². The van der Waals surface area contributed by atoms with E-state index in [1.54, 1.807) is 0 Å². The molecule has 2 rings (SSSR count). The van der Waals surface area contributed by atoms with Gasteiger partial charge in [0.15, 0.2) is 9.84 Å². The van der Waals surface area contributed by atoms with Gasteiger partial charge in [-0.05, 0) is 42.5 Å². The molecule has 0 N–H and O–H groups in total. The van der Waals surface area contributed by atoms with Gasteiger partial charge in [0.25, 0.3) is 0 Å². The average Bonchev–Trinajstić information content (AvgIpc) is 2.52. The van der Waals surface area contributed by atoms with Crippen LogP contribution in [0.15, 0.2) is 47.4 Å². The highest BCUT2D eigenvalue weighted by molar-refractivity contribution is 7.90. The molecule has 0 saturated carbocycles. The van der Waals surface area contributed by atoms with Crippen LogP contribution in [0.25, 0.3) is 0 Å². The molecule has 128 valence electrons. The lowest BCUT2D eigenvalue weighted by Crippen LogP contribution is -2.13. The van der Waals surface area contributed by atoms with Crippen LogP contribution in [0.3, 0.4) is 0 Å². The lowest BCUT2D eigenvalue weighted by atomic mass is 10.2. The minimum atomic E-state index is -3.46. The van der Waals surface area contributed by atoms with Crippen LogP contribution in [0.1, 0.15) is 10.4 Å². The number of esters is 1. The summed E-state index contributed by atoms with van der Waals surface area (Å²) in [4.78, 5) is 12.0. The second-order valence-corrected chi connectivity index (χ2v) is 7.28. The zero-order chi connectivity index (χ0) is 17.7. The Bertz CT molecular complexity index is 834. The Morgan fingerprint density at radius 3 is 2.42 bits per heavy atom. The Kier molecular flexibility index (Phi) is 5.80. The zero-order valence-electron chi connectivity index (χ0n) is 12.7. The maximum Gasteiger partial charge on any atom is 0.339 e. The molecule has 0 heterocycles. The van der Waals surface area contributed by atoms with E-state index in [1.807, 2.05) is 0 Å². The first-order valence-corrected chi connectivity index (χ1v) is 9.09. The molecule has 0 radical (unpaired) electrons. The van der Waals surface area contributed by atoms with Crippen molar-refractivity contribution >= 4 is 27.4 Å². The van der Waals surface area contributed by atoms with Crippen LogP contribution in [0.4, 0.5) is 4.39 Å². The average molecular weight is 373 g/mol. The maximum atomic E-state index is 12.7. The number of ether oxygens (including phenoxy) is 2. The third kappa shape index (κ3) is 4.94. The third-order valence-electron chi connectivity index (χ3n) is 2.98. The molecule has 0 aliphatic carbocycles. The van der Waals surface area contributed by atoms with E-state index in [4.69, 9.17) is 21.1 Å². The van der Waals surface area contributed by atoms with Crippen LogP contribution in [0.2, 0.25) is 5.02 Å². The highest BCUT2D eigenvalue weighted by atomic mass is 35.5. The molecule has 2 aromatic carbocycles. The summed E-state index contributed by atoms with van der Waals surface area (Å²) in [6.07, 6.45) is 1.03. The normalized spacial score (nSPS) is 11.1. The van der Waals surface area contributed by atoms with Crippen molar-refractivity contribution in [1.29, 1.82) is 0 Å². The summed E-state index contributed by atoms with van der Waals surface area (Å²) >= 11 is 5.90. The van der Waals surface area contributed by atoms with Crippen molar-refractivity contribution in [2.75, 3.05) is 19.5 Å². The molecule has 0 atom stereocenters. The minimum Gasteiger partial charge on any atom is -0.490 e. The standard InChI is InChI=1S/C16H14ClFO5S/c1-24(20,21)13-6-7-15(17)14(10-13)16(19)23-9-8-22-12-4-2-11(18)3-5-12/h2-7,10H,8-9H2,1H3. The van der Waals surface area contributed by atoms with Crippen LogP contribution in [0.5, 0.6) is 5.75 Å². The number of halogens is 2. The van der Waals surface area contributed by atoms with Gasteiger partial charge in [-0.15, -0.1) is 0 Å². The Balaban J connectivity index is 1.94. The molecule has 0 amide bonds. The number of benzene rings is 2. The Morgan fingerprint density at radius 2 is 1.79 bits per heavy atom. The predicted molar refractivity (Wildman–Crippen MR) is 86.7 cm³/mol. The highest BCUT2D eigenvalue weighted by Crippen LogP contribution is 2.21. The second-order valence-electron chi connectivity index (χ2n) is 4.85. The minimum absolute atomic E-state index is 0.0265. The van der Waals surface area contributed by atoms with Crippen molar-refractivity contribution in [2.24, 2.45) is 0 Å². The Morgan fingerprint density at radius 1 is 1.12 bits per heavy atom. The quantitative estimate of drug-likeness (QED) is 0.575. The van der Waals surface area contributed by atoms with Crippen molar-refractivity contribution in [2.45, 2.75) is 4.90 Å². The fourth-order valence-corrected chi connectivity index (χ4v) is 2.64. The van der Waals surface area contributed by atoms with Crippen molar-refractivity contribution in [3.05, 3.63) is 58.9 Å². The van der Waals surface area contributed by atoms with E-state index in [1.165, 1.54) is 42.5 Å². The molecule has 24 heavy (non-hydrogen) atoms. The van der Waals surface area contributed by atoms with E-state index in [0.717, 1.165) is 6.26 Å². The van der Waals surface area contributed by atoms with Gasteiger partial charge >= 0.3 is 5.97 Å². The van der Waals surface area contributed by atoms with Crippen LogP contribution >= 0.6 is 11.6 Å². The van der Waals surface area contributed by atoms with E-state index in [-0.39, 0.29) is 34.5 Å². The van der Waals surface area contributed by atoms with Gasteiger partial charge in [0.1, 0.15) is 24.8 Å². The zero-order valence-corrected chi connectivity index (χ0v) is 14.2. The number of hydrogen-bond donors (Lipinski definition) is 0. The predicted octanol–water partition coefficient (Wildman–Crippen LogP) is 3.12. The van der Waals surface area contributed by atoms with Crippen LogP contribution in [-0.2, 0) is 14.6 Å². The summed E-state index contributed by atoms with van der Waals surface area (Å²) in [6, 6.07) is 9.19. The van der Waals surface area contributed by atoms with Gasteiger partial charge in [0, 0.05) is 6.26 Å². The molecule has 0 saturated heterocycles. The molecule has 8 heteroatoms. The summed E-state index contributed by atoms with van der Waals surface area (Å²) in [5.74, 6) is -0.702. The monoisotopic (exact) mass is 372 g/mol. The molecule has 0 aromatic heterocycles.